The van der Waals surface area contributed by atoms with Gasteiger partial charge in [-0.25, -0.2) is 18.6 Å². The number of anilines is 2. The summed E-state index contributed by atoms with van der Waals surface area (Å²) in [6, 6.07) is 10.0. The van der Waals surface area contributed by atoms with Crippen LogP contribution >= 0.6 is 11.6 Å². The van der Waals surface area contributed by atoms with Gasteiger partial charge in [0, 0.05) is 22.7 Å². The maximum absolute atomic E-state index is 15.3. The molecular formula is C31H29ClF2N6O4. The molecule has 2 bridgehead atoms. The molecular weight excluding hydrogens is 594 g/mol. The van der Waals surface area contributed by atoms with Gasteiger partial charge in [0.05, 0.1) is 47.1 Å². The lowest BCUT2D eigenvalue weighted by atomic mass is 9.95. The van der Waals surface area contributed by atoms with Gasteiger partial charge in [0.25, 0.3) is 5.91 Å². The first-order chi connectivity index (χ1) is 21.1. The lowest BCUT2D eigenvalue weighted by Gasteiger charge is -2.22. The number of methoxy groups -OCH3 is 1. The quantitative estimate of drug-likeness (QED) is 0.236. The third kappa shape index (κ3) is 6.25. The molecule has 3 amide bonds. The zero-order valence-electron chi connectivity index (χ0n) is 24.1. The average molecular weight is 623 g/mol. The van der Waals surface area contributed by atoms with Gasteiger partial charge in [0.2, 0.25) is 5.91 Å². The Hall–Kier alpha value is -4.84. The van der Waals surface area contributed by atoms with Crippen LogP contribution in [-0.2, 0) is 9.53 Å². The number of carbonyl (C=O) groups excluding carboxylic acids is 3. The van der Waals surface area contributed by atoms with E-state index in [0.29, 0.717) is 41.9 Å². The topological polar surface area (TPSA) is 127 Å². The normalized spacial score (nSPS) is 16.5. The van der Waals surface area contributed by atoms with Gasteiger partial charge in [0.15, 0.2) is 5.82 Å². The molecule has 0 spiro atoms. The fraction of sp³-hybridized carbons (Fsp3) is 0.258. The van der Waals surface area contributed by atoms with Gasteiger partial charge < -0.3 is 15.4 Å². The van der Waals surface area contributed by atoms with E-state index in [0.717, 1.165) is 6.20 Å². The summed E-state index contributed by atoms with van der Waals surface area (Å²) < 4.78 is 36.1. The van der Waals surface area contributed by atoms with Crippen molar-refractivity contribution in [2.24, 2.45) is 5.92 Å². The van der Waals surface area contributed by atoms with Crippen molar-refractivity contribution < 1.29 is 27.9 Å². The first kappa shape index (κ1) is 30.6. The second kappa shape index (κ2) is 12.8. The number of nitrogens with zero attached hydrogens (tertiary/aromatic N) is 3. The standard InChI is InChI=1S/C31H29ClF2N6O4/c1-16-6-4-8-23(38-30(42)28-17(2)40(15-36-28)26-9-5-7-21(32)27(26)34)25-13-20(22(33)14-35-25)19-11-10-18(37-31(43)44-3)12-24(19)39-29(16)41/h5,7,9-16,23H,4,6,8H2,1-3H3,(H,37,43)(H,38,42)(H,39,41)/t16-,23+/m1/s1. The first-order valence-electron chi connectivity index (χ1n) is 13.8. The van der Waals surface area contributed by atoms with Gasteiger partial charge in [-0.3, -0.25) is 24.5 Å². The zero-order chi connectivity index (χ0) is 31.5. The molecule has 0 radical (unpaired) electrons. The minimum absolute atomic E-state index is 0.0616. The van der Waals surface area contributed by atoms with Crippen molar-refractivity contribution in [1.82, 2.24) is 19.9 Å². The summed E-state index contributed by atoms with van der Waals surface area (Å²) in [5, 5.41) is 8.29. The number of benzene rings is 2. The molecule has 10 nitrogen and oxygen atoms in total. The van der Waals surface area contributed by atoms with Crippen molar-refractivity contribution in [3.05, 3.63) is 88.7 Å². The van der Waals surface area contributed by atoms with Crippen molar-refractivity contribution in [1.29, 1.82) is 0 Å². The van der Waals surface area contributed by atoms with Crippen molar-refractivity contribution >= 4 is 40.9 Å². The average Bonchev–Trinajstić information content (AvgIpc) is 3.38. The molecule has 2 aromatic carbocycles. The van der Waals surface area contributed by atoms with E-state index in [1.807, 2.05) is 0 Å². The van der Waals surface area contributed by atoms with Gasteiger partial charge in [0.1, 0.15) is 17.8 Å². The van der Waals surface area contributed by atoms with Gasteiger partial charge in [-0.2, -0.15) is 0 Å². The Morgan fingerprint density at radius 1 is 1.11 bits per heavy atom. The number of nitrogens with one attached hydrogen (secondary N) is 3. The second-order valence-corrected chi connectivity index (χ2v) is 10.8. The SMILES string of the molecule is COC(=O)Nc1ccc2c(c1)NC(=O)[C@H](C)CCC[C@H](NC(=O)c1ncn(-c3cccc(Cl)c3F)c1C)c1cc-2c(F)cn1. The Bertz CT molecular complexity index is 1760. The van der Waals surface area contributed by atoms with E-state index < -0.39 is 35.6 Å². The van der Waals surface area contributed by atoms with Crippen molar-refractivity contribution in [2.45, 2.75) is 39.2 Å². The van der Waals surface area contributed by atoms with Crippen LogP contribution in [0.1, 0.15) is 54.1 Å². The molecule has 4 aromatic rings. The van der Waals surface area contributed by atoms with Crippen LogP contribution in [0.15, 0.2) is 55.0 Å². The lowest BCUT2D eigenvalue weighted by Crippen LogP contribution is -2.30. The number of hydrogen-bond acceptors (Lipinski definition) is 6. The van der Waals surface area contributed by atoms with E-state index in [-0.39, 0.29) is 33.6 Å². The molecule has 0 fully saturated rings. The number of hydrogen-bond donors (Lipinski definition) is 3. The molecule has 0 unspecified atom stereocenters. The highest BCUT2D eigenvalue weighted by Gasteiger charge is 2.26. The van der Waals surface area contributed by atoms with E-state index >= 15 is 4.39 Å². The molecule has 1 aliphatic heterocycles. The summed E-state index contributed by atoms with van der Waals surface area (Å²) >= 11 is 5.95. The largest absolute Gasteiger partial charge is 0.453 e. The third-order valence-corrected chi connectivity index (χ3v) is 7.82. The number of halogens is 3. The van der Waals surface area contributed by atoms with E-state index in [1.54, 1.807) is 32.0 Å². The highest BCUT2D eigenvalue weighted by Crippen LogP contribution is 2.35. The number of amides is 3. The predicted molar refractivity (Wildman–Crippen MR) is 161 cm³/mol. The summed E-state index contributed by atoms with van der Waals surface area (Å²) in [5.74, 6) is -2.52. The second-order valence-electron chi connectivity index (χ2n) is 10.4. The summed E-state index contributed by atoms with van der Waals surface area (Å²) in [5.41, 5.74) is 2.11. The Morgan fingerprint density at radius 2 is 1.91 bits per heavy atom. The van der Waals surface area contributed by atoms with Gasteiger partial charge in [-0.05, 0) is 50.1 Å². The number of rotatable bonds is 4. The number of fused-ring (bicyclic) bond motifs is 4. The minimum atomic E-state index is -0.702. The number of imidazole rings is 1. The van der Waals surface area contributed by atoms with Crippen LogP contribution in [0.5, 0.6) is 0 Å². The van der Waals surface area contributed by atoms with Crippen LogP contribution in [0.25, 0.3) is 16.8 Å². The molecule has 0 saturated heterocycles. The fourth-order valence-electron chi connectivity index (χ4n) is 5.07. The maximum Gasteiger partial charge on any atom is 0.411 e. The fourth-order valence-corrected chi connectivity index (χ4v) is 5.24. The Balaban J connectivity index is 1.51. The first-order valence-corrected chi connectivity index (χ1v) is 14.2. The summed E-state index contributed by atoms with van der Waals surface area (Å²) in [7, 11) is 1.22. The zero-order valence-corrected chi connectivity index (χ0v) is 24.8. The molecule has 2 aromatic heterocycles. The van der Waals surface area contributed by atoms with Gasteiger partial charge in [-0.1, -0.05) is 37.1 Å². The van der Waals surface area contributed by atoms with Crippen LogP contribution < -0.4 is 16.0 Å². The maximum atomic E-state index is 15.3. The molecule has 3 heterocycles. The van der Waals surface area contributed by atoms with Crippen LogP contribution in [-0.4, -0.2) is 39.6 Å². The molecule has 44 heavy (non-hydrogen) atoms. The molecule has 5 rings (SSSR count). The van der Waals surface area contributed by atoms with Crippen molar-refractivity contribution in [3.63, 3.8) is 0 Å². The molecule has 228 valence electrons. The van der Waals surface area contributed by atoms with Gasteiger partial charge >= 0.3 is 6.09 Å². The third-order valence-electron chi connectivity index (χ3n) is 7.53. The highest BCUT2D eigenvalue weighted by atomic mass is 35.5. The molecule has 13 heteroatoms. The highest BCUT2D eigenvalue weighted by molar-refractivity contribution is 6.30. The van der Waals surface area contributed by atoms with E-state index in [4.69, 9.17) is 11.6 Å². The van der Waals surface area contributed by atoms with Crippen LogP contribution in [0.2, 0.25) is 5.02 Å². The Kier molecular flexibility index (Phi) is 8.91. The summed E-state index contributed by atoms with van der Waals surface area (Å²) in [6.45, 7) is 3.41. The van der Waals surface area contributed by atoms with E-state index in [2.05, 4.69) is 30.7 Å². The number of pyridine rings is 1. The molecule has 3 N–H and O–H groups in total. The summed E-state index contributed by atoms with van der Waals surface area (Å²) in [6.07, 6.45) is 3.13. The van der Waals surface area contributed by atoms with E-state index in [9.17, 15) is 18.8 Å². The molecule has 2 atom stereocenters. The molecule has 1 aliphatic rings. The number of aromatic nitrogens is 3. The van der Waals surface area contributed by atoms with Crippen LogP contribution in [0.4, 0.5) is 25.0 Å². The predicted octanol–water partition coefficient (Wildman–Crippen LogP) is 6.58. The number of carbonyl (C=O) groups is 3. The minimum Gasteiger partial charge on any atom is -0.453 e. The number of ether oxygens (including phenoxy) is 1. The van der Waals surface area contributed by atoms with Crippen molar-refractivity contribution in [3.8, 4) is 16.8 Å². The van der Waals surface area contributed by atoms with E-state index in [1.165, 1.54) is 42.3 Å². The van der Waals surface area contributed by atoms with Crippen molar-refractivity contribution in [2.75, 3.05) is 17.7 Å². The lowest BCUT2D eigenvalue weighted by molar-refractivity contribution is -0.119. The van der Waals surface area contributed by atoms with Crippen LogP contribution in [0.3, 0.4) is 0 Å². The smallest absolute Gasteiger partial charge is 0.411 e. The Labute approximate surface area is 256 Å². The molecule has 0 saturated carbocycles. The monoisotopic (exact) mass is 622 g/mol. The Morgan fingerprint density at radius 3 is 2.68 bits per heavy atom. The summed E-state index contributed by atoms with van der Waals surface area (Å²) in [4.78, 5) is 46.9. The van der Waals surface area contributed by atoms with Crippen LogP contribution in [0, 0.1) is 24.5 Å². The van der Waals surface area contributed by atoms with Gasteiger partial charge in [-0.15, -0.1) is 0 Å². The molecule has 0 aliphatic carbocycles.